The van der Waals surface area contributed by atoms with Crippen LogP contribution in [0.3, 0.4) is 0 Å². The molecule has 1 amide bonds. The zero-order valence-electron chi connectivity index (χ0n) is 10.8. The highest BCUT2D eigenvalue weighted by Crippen LogP contribution is 2.24. The standard InChI is InChI=1S/C14H18FNO2S/c1-16(11-4-2-3-5-12(11)17)14(18)9-6-7-10(15)13(19)8-9/h6-8,11-12,17,19H,2-5H2,1H3. The largest absolute Gasteiger partial charge is 0.391 e. The molecule has 2 unspecified atom stereocenters. The van der Waals surface area contributed by atoms with Crippen LogP contribution in [-0.4, -0.2) is 35.1 Å². The number of hydrogen-bond acceptors (Lipinski definition) is 3. The number of carbonyl (C=O) groups excluding carboxylic acids is 1. The molecule has 1 saturated carbocycles. The van der Waals surface area contributed by atoms with Crippen LogP contribution < -0.4 is 0 Å². The minimum Gasteiger partial charge on any atom is -0.391 e. The van der Waals surface area contributed by atoms with Crippen molar-refractivity contribution in [2.24, 2.45) is 0 Å². The number of benzene rings is 1. The van der Waals surface area contributed by atoms with E-state index in [1.807, 2.05) is 0 Å². The van der Waals surface area contributed by atoms with E-state index in [0.29, 0.717) is 5.56 Å². The predicted molar refractivity (Wildman–Crippen MR) is 74.0 cm³/mol. The first-order chi connectivity index (χ1) is 9.00. The smallest absolute Gasteiger partial charge is 0.253 e. The molecular formula is C14H18FNO2S. The first-order valence-electron chi connectivity index (χ1n) is 6.44. The molecule has 0 radical (unpaired) electrons. The van der Waals surface area contributed by atoms with E-state index in [4.69, 9.17) is 0 Å². The second-order valence-corrected chi connectivity index (χ2v) is 5.48. The quantitative estimate of drug-likeness (QED) is 0.819. The van der Waals surface area contributed by atoms with Crippen molar-refractivity contribution >= 4 is 18.5 Å². The van der Waals surface area contributed by atoms with E-state index in [1.165, 1.54) is 18.2 Å². The number of aliphatic hydroxyl groups is 1. The van der Waals surface area contributed by atoms with Crippen LogP contribution >= 0.6 is 12.6 Å². The third-order valence-corrected chi connectivity index (χ3v) is 4.05. The highest BCUT2D eigenvalue weighted by atomic mass is 32.1. The lowest BCUT2D eigenvalue weighted by Gasteiger charge is -2.35. The summed E-state index contributed by atoms with van der Waals surface area (Å²) in [6.45, 7) is 0. The van der Waals surface area contributed by atoms with Gasteiger partial charge in [-0.25, -0.2) is 4.39 Å². The van der Waals surface area contributed by atoms with E-state index >= 15 is 0 Å². The van der Waals surface area contributed by atoms with E-state index in [-0.39, 0.29) is 16.8 Å². The van der Waals surface area contributed by atoms with Gasteiger partial charge in [-0.05, 0) is 31.0 Å². The first-order valence-corrected chi connectivity index (χ1v) is 6.89. The zero-order valence-corrected chi connectivity index (χ0v) is 11.7. The van der Waals surface area contributed by atoms with E-state index in [1.54, 1.807) is 11.9 Å². The van der Waals surface area contributed by atoms with Crippen LogP contribution in [0, 0.1) is 5.82 Å². The molecule has 2 rings (SSSR count). The molecule has 5 heteroatoms. The van der Waals surface area contributed by atoms with Crippen LogP contribution in [0.1, 0.15) is 36.0 Å². The van der Waals surface area contributed by atoms with Crippen molar-refractivity contribution in [3.63, 3.8) is 0 Å². The molecule has 1 aliphatic rings. The summed E-state index contributed by atoms with van der Waals surface area (Å²) in [4.78, 5) is 14.0. The molecule has 1 aromatic carbocycles. The van der Waals surface area contributed by atoms with Crippen LogP contribution in [0.2, 0.25) is 0 Å². The summed E-state index contributed by atoms with van der Waals surface area (Å²) in [7, 11) is 1.68. The molecule has 0 heterocycles. The van der Waals surface area contributed by atoms with Crippen molar-refractivity contribution in [1.29, 1.82) is 0 Å². The summed E-state index contributed by atoms with van der Waals surface area (Å²) in [5.41, 5.74) is 0.395. The molecule has 1 fully saturated rings. The first kappa shape index (κ1) is 14.3. The number of rotatable bonds is 2. The fourth-order valence-electron chi connectivity index (χ4n) is 2.54. The second kappa shape index (κ2) is 5.92. The van der Waals surface area contributed by atoms with Crippen LogP contribution in [0.25, 0.3) is 0 Å². The SMILES string of the molecule is CN(C(=O)c1ccc(F)c(S)c1)C1CCCCC1O. The highest BCUT2D eigenvalue weighted by Gasteiger charge is 2.29. The number of halogens is 1. The average Bonchev–Trinajstić information content (AvgIpc) is 2.41. The highest BCUT2D eigenvalue weighted by molar-refractivity contribution is 7.80. The summed E-state index contributed by atoms with van der Waals surface area (Å²) in [6.07, 6.45) is 3.07. The second-order valence-electron chi connectivity index (χ2n) is 5.00. The lowest BCUT2D eigenvalue weighted by molar-refractivity contribution is 0.0268. The van der Waals surface area contributed by atoms with Crippen molar-refractivity contribution < 1.29 is 14.3 Å². The predicted octanol–water partition coefficient (Wildman–Crippen LogP) is 2.49. The maximum atomic E-state index is 13.1. The van der Waals surface area contributed by atoms with Gasteiger partial charge in [-0.15, -0.1) is 12.6 Å². The van der Waals surface area contributed by atoms with Gasteiger partial charge in [0, 0.05) is 17.5 Å². The summed E-state index contributed by atoms with van der Waals surface area (Å²) in [6, 6.07) is 3.95. The Balaban J connectivity index is 2.15. The van der Waals surface area contributed by atoms with Gasteiger partial charge in [-0.3, -0.25) is 4.79 Å². The Labute approximate surface area is 117 Å². The molecule has 0 saturated heterocycles. The van der Waals surface area contributed by atoms with Crippen molar-refractivity contribution in [2.75, 3.05) is 7.05 Å². The molecule has 1 N–H and O–H groups in total. The molecule has 0 aromatic heterocycles. The Hall–Kier alpha value is -1.07. The zero-order chi connectivity index (χ0) is 14.0. The number of amides is 1. The van der Waals surface area contributed by atoms with Gasteiger partial charge < -0.3 is 10.0 Å². The molecule has 19 heavy (non-hydrogen) atoms. The van der Waals surface area contributed by atoms with E-state index in [2.05, 4.69) is 12.6 Å². The van der Waals surface area contributed by atoms with Gasteiger partial charge >= 0.3 is 0 Å². The maximum Gasteiger partial charge on any atom is 0.253 e. The number of aliphatic hydroxyl groups excluding tert-OH is 1. The topological polar surface area (TPSA) is 40.5 Å². The summed E-state index contributed by atoms with van der Waals surface area (Å²) in [5.74, 6) is -0.651. The van der Waals surface area contributed by atoms with Gasteiger partial charge in [0.2, 0.25) is 0 Å². The molecule has 1 aromatic rings. The molecule has 104 valence electrons. The van der Waals surface area contributed by atoms with E-state index in [0.717, 1.165) is 25.7 Å². The van der Waals surface area contributed by atoms with Gasteiger partial charge in [0.05, 0.1) is 12.1 Å². The van der Waals surface area contributed by atoms with Crippen LogP contribution in [-0.2, 0) is 0 Å². The molecule has 1 aliphatic carbocycles. The van der Waals surface area contributed by atoms with Crippen molar-refractivity contribution in [3.8, 4) is 0 Å². The molecule has 0 bridgehead atoms. The third-order valence-electron chi connectivity index (χ3n) is 3.70. The minimum absolute atomic E-state index is 0.156. The Morgan fingerprint density at radius 3 is 2.74 bits per heavy atom. The molecular weight excluding hydrogens is 265 g/mol. The monoisotopic (exact) mass is 283 g/mol. The Bertz CT molecular complexity index is 481. The summed E-state index contributed by atoms with van der Waals surface area (Å²) < 4.78 is 13.1. The van der Waals surface area contributed by atoms with Crippen molar-refractivity contribution in [2.45, 2.75) is 42.7 Å². The number of likely N-dealkylation sites (N-methyl/N-ethyl adjacent to an activating group) is 1. The summed E-state index contributed by atoms with van der Waals surface area (Å²) >= 11 is 3.98. The number of thiol groups is 1. The molecule has 2 atom stereocenters. The number of hydrogen-bond donors (Lipinski definition) is 2. The third kappa shape index (κ3) is 3.09. The van der Waals surface area contributed by atoms with E-state index in [9.17, 15) is 14.3 Å². The van der Waals surface area contributed by atoms with Gasteiger partial charge in [-0.1, -0.05) is 12.8 Å². The van der Waals surface area contributed by atoms with Gasteiger partial charge in [-0.2, -0.15) is 0 Å². The molecule has 0 spiro atoms. The minimum atomic E-state index is -0.473. The van der Waals surface area contributed by atoms with Crippen LogP contribution in [0.5, 0.6) is 0 Å². The summed E-state index contributed by atoms with van der Waals surface area (Å²) in [5, 5.41) is 9.96. The van der Waals surface area contributed by atoms with Crippen molar-refractivity contribution in [3.05, 3.63) is 29.6 Å². The molecule has 3 nitrogen and oxygen atoms in total. The molecule has 0 aliphatic heterocycles. The van der Waals surface area contributed by atoms with Crippen molar-refractivity contribution in [1.82, 2.24) is 4.90 Å². The van der Waals surface area contributed by atoms with Crippen LogP contribution in [0.15, 0.2) is 23.1 Å². The Kier molecular flexibility index (Phi) is 4.47. The lowest BCUT2D eigenvalue weighted by atomic mass is 9.91. The normalized spacial score (nSPS) is 23.2. The fourth-order valence-corrected chi connectivity index (χ4v) is 2.76. The Morgan fingerprint density at radius 2 is 2.11 bits per heavy atom. The van der Waals surface area contributed by atoms with Crippen LogP contribution in [0.4, 0.5) is 4.39 Å². The Morgan fingerprint density at radius 1 is 1.42 bits per heavy atom. The van der Waals surface area contributed by atoms with E-state index < -0.39 is 11.9 Å². The number of nitrogens with zero attached hydrogens (tertiary/aromatic N) is 1. The van der Waals surface area contributed by atoms with Gasteiger partial charge in [0.15, 0.2) is 0 Å². The van der Waals surface area contributed by atoms with Gasteiger partial charge in [0.25, 0.3) is 5.91 Å². The maximum absolute atomic E-state index is 13.1. The van der Waals surface area contributed by atoms with Gasteiger partial charge in [0.1, 0.15) is 5.82 Å². The number of carbonyl (C=O) groups is 1. The average molecular weight is 283 g/mol. The lowest BCUT2D eigenvalue weighted by Crippen LogP contribution is -2.46. The fraction of sp³-hybridized carbons (Fsp3) is 0.500.